The van der Waals surface area contributed by atoms with Crippen molar-refractivity contribution in [3.8, 4) is 0 Å². The van der Waals surface area contributed by atoms with E-state index < -0.39 is 101 Å². The Bertz CT molecular complexity index is 2010. The highest BCUT2D eigenvalue weighted by molar-refractivity contribution is 7.99. The molecule has 0 spiro atoms. The van der Waals surface area contributed by atoms with Crippen LogP contribution >= 0.6 is 46.6 Å². The van der Waals surface area contributed by atoms with Crippen molar-refractivity contribution in [3.63, 3.8) is 0 Å². The van der Waals surface area contributed by atoms with Crippen LogP contribution in [0.1, 0.15) is 79.7 Å². The lowest BCUT2D eigenvalue weighted by molar-refractivity contribution is -0.258. The van der Waals surface area contributed by atoms with E-state index in [2.05, 4.69) is 5.32 Å². The fourth-order valence-electron chi connectivity index (χ4n) is 6.69. The molecule has 68 heavy (non-hydrogen) atoms. The van der Waals surface area contributed by atoms with Crippen LogP contribution in [0.4, 0.5) is 4.79 Å². The van der Waals surface area contributed by atoms with Crippen molar-refractivity contribution in [2.24, 2.45) is 0 Å². The molecule has 1 N–H and O–H groups in total. The third-order valence-electron chi connectivity index (χ3n) is 10.1. The molecule has 1 fully saturated rings. The van der Waals surface area contributed by atoms with E-state index in [1.165, 1.54) is 25.8 Å². The second kappa shape index (κ2) is 29.1. The summed E-state index contributed by atoms with van der Waals surface area (Å²) < 4.78 is 59.3. The van der Waals surface area contributed by atoms with E-state index >= 15 is 0 Å². The molecule has 0 radical (unpaired) electrons. The number of unbranched alkanes of at least 4 members (excludes halogenated alkanes) is 2. The van der Waals surface area contributed by atoms with Gasteiger partial charge in [-0.3, -0.25) is 14.9 Å². The number of alkyl halides is 3. The Hall–Kier alpha value is -4.17. The molecule has 4 rings (SSSR count). The summed E-state index contributed by atoms with van der Waals surface area (Å²) in [5, 5.41) is 2.57. The van der Waals surface area contributed by atoms with E-state index in [0.717, 1.165) is 23.8 Å². The number of carbonyl (C=O) groups is 5. The zero-order chi connectivity index (χ0) is 49.6. The zero-order valence-electron chi connectivity index (χ0n) is 38.8. The van der Waals surface area contributed by atoms with Gasteiger partial charge in [-0.05, 0) is 56.2 Å². The predicted octanol–water partition coefficient (Wildman–Crippen LogP) is 8.58. The SMILES string of the molecule is CCCCOCC1O[C@@H](Sc2ccc(C)cc2)[C@@H](OC(=O)c2ccccc2)C(OC(=O)c2ccccc2)C1O[C@@H](NC(=O)OCC(Cl)(Cl)Cl)[C@@H](OC(C)=O)[C@@H](OCCCC)C(COC(C)=O)OC. The van der Waals surface area contributed by atoms with Gasteiger partial charge in [-0.25, -0.2) is 14.4 Å². The van der Waals surface area contributed by atoms with Crippen molar-refractivity contribution >= 4 is 76.5 Å². The van der Waals surface area contributed by atoms with Crippen LogP contribution in [0.25, 0.3) is 0 Å². The van der Waals surface area contributed by atoms with Gasteiger partial charge in [0, 0.05) is 39.1 Å². The number of carbonyl (C=O) groups excluding carboxylic acids is 5. The second-order valence-electron chi connectivity index (χ2n) is 15.6. The Balaban J connectivity index is 1.98. The molecular formula is C48H60Cl3NO15S. The first-order chi connectivity index (χ1) is 32.5. The van der Waals surface area contributed by atoms with Crippen LogP contribution in [-0.4, -0.2) is 128 Å². The largest absolute Gasteiger partial charge is 0.463 e. The molecule has 16 nitrogen and oxygen atoms in total. The van der Waals surface area contributed by atoms with Crippen molar-refractivity contribution in [1.29, 1.82) is 0 Å². The van der Waals surface area contributed by atoms with E-state index in [0.29, 0.717) is 25.9 Å². The van der Waals surface area contributed by atoms with Gasteiger partial charge < -0.3 is 47.4 Å². The second-order valence-corrected chi connectivity index (χ2v) is 19.3. The molecule has 1 aliphatic rings. The molecule has 3 aromatic carbocycles. The molecule has 0 bridgehead atoms. The molecule has 0 aliphatic carbocycles. The highest BCUT2D eigenvalue weighted by atomic mass is 35.6. The van der Waals surface area contributed by atoms with Gasteiger partial charge in [-0.15, -0.1) is 0 Å². The van der Waals surface area contributed by atoms with Gasteiger partial charge in [0.2, 0.25) is 3.79 Å². The summed E-state index contributed by atoms with van der Waals surface area (Å²) in [6.45, 7) is 7.24. The van der Waals surface area contributed by atoms with E-state index in [4.69, 9.17) is 82.2 Å². The summed E-state index contributed by atoms with van der Waals surface area (Å²) in [6.07, 6.45) is -10.2. The topological polar surface area (TPSA) is 190 Å². The van der Waals surface area contributed by atoms with Crippen LogP contribution in [0.15, 0.2) is 89.8 Å². The molecule has 1 aliphatic heterocycles. The Morgan fingerprint density at radius 1 is 0.750 bits per heavy atom. The summed E-state index contributed by atoms with van der Waals surface area (Å²) in [5.74, 6) is -3.12. The standard InChI is InChI=1S/C48H60Cl3NO15S/c1-7-9-25-59-27-37-39(65-43(52-47(57)62-29-48(49,50)51)41(63-32(5)54)38(60-26-10-8-2)36(58-6)28-61-31(4)53)40(66-44(55)33-17-13-11-14-18-33)42(67-45(56)34-19-15-12-16-20-34)46(64-37)68-35-23-21-30(3)22-24-35/h11-24,36-43,46H,7-10,25-29H2,1-6H3,(H,52,57)/t36?,37?,38-,39?,40?,41-,42-,43+,46-/m0/s1. The van der Waals surface area contributed by atoms with E-state index in [-0.39, 0.29) is 24.3 Å². The van der Waals surface area contributed by atoms with Crippen molar-refractivity contribution in [3.05, 3.63) is 102 Å². The molecule has 0 aromatic heterocycles. The van der Waals surface area contributed by atoms with Crippen LogP contribution in [0.5, 0.6) is 0 Å². The predicted molar refractivity (Wildman–Crippen MR) is 254 cm³/mol. The first kappa shape index (κ1) is 56.4. The molecule has 1 amide bonds. The lowest BCUT2D eigenvalue weighted by Crippen LogP contribution is -2.65. The number of esters is 4. The van der Waals surface area contributed by atoms with Gasteiger partial charge >= 0.3 is 30.0 Å². The fourth-order valence-corrected chi connectivity index (χ4v) is 7.96. The molecule has 3 aromatic rings. The normalized spacial score (nSPS) is 19.9. The number of thioether (sulfide) groups is 1. The average Bonchev–Trinajstić information content (AvgIpc) is 3.31. The van der Waals surface area contributed by atoms with E-state index in [1.807, 2.05) is 45.0 Å². The van der Waals surface area contributed by atoms with E-state index in [9.17, 15) is 24.0 Å². The minimum Gasteiger partial charge on any atom is -0.463 e. The maximum absolute atomic E-state index is 14.3. The van der Waals surface area contributed by atoms with Gasteiger partial charge in [0.15, 0.2) is 24.5 Å². The monoisotopic (exact) mass is 1030 g/mol. The van der Waals surface area contributed by atoms with Gasteiger partial charge in [-0.1, -0.05) is 127 Å². The maximum atomic E-state index is 14.3. The Morgan fingerprint density at radius 2 is 1.34 bits per heavy atom. The highest BCUT2D eigenvalue weighted by Gasteiger charge is 2.54. The lowest BCUT2D eigenvalue weighted by atomic mass is 9.98. The maximum Gasteiger partial charge on any atom is 0.409 e. The van der Waals surface area contributed by atoms with Crippen LogP contribution in [0.3, 0.4) is 0 Å². The number of amides is 1. The van der Waals surface area contributed by atoms with Gasteiger partial charge in [0.1, 0.15) is 43.1 Å². The van der Waals surface area contributed by atoms with Gasteiger partial charge in [0.05, 0.1) is 17.7 Å². The van der Waals surface area contributed by atoms with Crippen LogP contribution in [-0.2, 0) is 57.0 Å². The molecule has 1 heterocycles. The third-order valence-corrected chi connectivity index (χ3v) is 11.6. The summed E-state index contributed by atoms with van der Waals surface area (Å²) in [4.78, 5) is 68.2. The number of alkyl carbamates (subject to hydrolysis) is 1. The van der Waals surface area contributed by atoms with Crippen molar-refractivity contribution < 1.29 is 71.3 Å². The molecular weight excluding hydrogens is 969 g/mol. The number of methoxy groups -OCH3 is 1. The number of hydrogen-bond donors (Lipinski definition) is 1. The molecule has 9 atom stereocenters. The minimum atomic E-state index is -2.05. The number of aryl methyl sites for hydroxylation is 1. The van der Waals surface area contributed by atoms with E-state index in [1.54, 1.807) is 60.7 Å². The van der Waals surface area contributed by atoms with Gasteiger partial charge in [0.25, 0.3) is 0 Å². The van der Waals surface area contributed by atoms with Crippen LogP contribution in [0, 0.1) is 6.92 Å². The molecule has 0 saturated carbocycles. The number of benzene rings is 3. The van der Waals surface area contributed by atoms with Crippen molar-refractivity contribution in [1.82, 2.24) is 5.32 Å². The summed E-state index contributed by atoms with van der Waals surface area (Å²) >= 11 is 19.1. The van der Waals surface area contributed by atoms with Crippen LogP contribution < -0.4 is 5.32 Å². The average molecular weight is 1030 g/mol. The number of ether oxygens (including phenoxy) is 10. The first-order valence-electron chi connectivity index (χ1n) is 22.1. The molecule has 1 saturated heterocycles. The quantitative estimate of drug-likeness (QED) is 0.0264. The Labute approximate surface area is 416 Å². The van der Waals surface area contributed by atoms with Gasteiger partial charge in [-0.2, -0.15) is 0 Å². The Morgan fingerprint density at radius 3 is 1.88 bits per heavy atom. The summed E-state index contributed by atoms with van der Waals surface area (Å²) in [5.41, 5.74) is 0.226. The lowest BCUT2D eigenvalue weighted by Gasteiger charge is -2.47. The minimum absolute atomic E-state index is 0.0798. The molecule has 374 valence electrons. The Kier molecular flexibility index (Phi) is 24.2. The number of hydrogen-bond acceptors (Lipinski definition) is 16. The fraction of sp³-hybridized carbons (Fsp3) is 0.521. The molecule has 20 heteroatoms. The smallest absolute Gasteiger partial charge is 0.409 e. The van der Waals surface area contributed by atoms with Crippen LogP contribution in [0.2, 0.25) is 0 Å². The highest BCUT2D eigenvalue weighted by Crippen LogP contribution is 2.39. The summed E-state index contributed by atoms with van der Waals surface area (Å²) in [6, 6.07) is 23.8. The van der Waals surface area contributed by atoms with Crippen molar-refractivity contribution in [2.45, 2.75) is 123 Å². The third kappa shape index (κ3) is 19.0. The number of rotatable bonds is 26. The zero-order valence-corrected chi connectivity index (χ0v) is 41.9. The molecule has 4 unspecified atom stereocenters. The number of nitrogens with one attached hydrogen (secondary N) is 1. The summed E-state index contributed by atoms with van der Waals surface area (Å²) in [7, 11) is 1.32. The first-order valence-corrected chi connectivity index (χ1v) is 24.1. The van der Waals surface area contributed by atoms with Crippen molar-refractivity contribution in [2.75, 3.05) is 40.1 Å². The number of halogens is 3.